The van der Waals surface area contributed by atoms with Crippen molar-refractivity contribution in [3.8, 4) is 0 Å². The van der Waals surface area contributed by atoms with Crippen LogP contribution >= 0.6 is 11.3 Å². The van der Waals surface area contributed by atoms with E-state index in [1.165, 1.54) is 11.6 Å². The second-order valence-electron chi connectivity index (χ2n) is 6.76. The highest BCUT2D eigenvalue weighted by molar-refractivity contribution is 7.10. The molecule has 2 aromatic heterocycles. The fourth-order valence-electron chi connectivity index (χ4n) is 3.38. The van der Waals surface area contributed by atoms with Crippen LogP contribution in [0.4, 0.5) is 0 Å². The molecule has 1 amide bonds. The zero-order valence-electron chi connectivity index (χ0n) is 15.3. The smallest absolute Gasteiger partial charge is 0.330 e. The molecule has 0 radical (unpaired) electrons. The summed E-state index contributed by atoms with van der Waals surface area (Å²) in [5.74, 6) is -0.246. The maximum absolute atomic E-state index is 13.2. The molecule has 0 aromatic carbocycles. The largest absolute Gasteiger partial charge is 0.333 e. The maximum Gasteiger partial charge on any atom is 0.330 e. The zero-order valence-corrected chi connectivity index (χ0v) is 16.1. The summed E-state index contributed by atoms with van der Waals surface area (Å²) in [4.78, 5) is 40.4. The third kappa shape index (κ3) is 3.52. The van der Waals surface area contributed by atoms with Gasteiger partial charge in [0, 0.05) is 37.8 Å². The predicted molar refractivity (Wildman–Crippen MR) is 101 cm³/mol. The van der Waals surface area contributed by atoms with E-state index in [-0.39, 0.29) is 35.7 Å². The first-order valence-electron chi connectivity index (χ1n) is 8.70. The van der Waals surface area contributed by atoms with Crippen LogP contribution in [-0.2, 0) is 25.4 Å². The number of aromatic nitrogens is 2. The minimum absolute atomic E-state index is 0.0112. The van der Waals surface area contributed by atoms with Crippen LogP contribution < -0.4 is 16.6 Å². The average Bonchev–Trinajstić information content (AvgIpc) is 3.34. The Labute approximate surface area is 155 Å². The molecule has 1 aliphatic heterocycles. The Hall–Kier alpha value is -2.19. The summed E-state index contributed by atoms with van der Waals surface area (Å²) in [7, 11) is 3.08. The average molecular weight is 376 g/mol. The summed E-state index contributed by atoms with van der Waals surface area (Å²) in [5, 5.41) is 5.25. The number of rotatable bonds is 5. The van der Waals surface area contributed by atoms with Crippen LogP contribution in [0.3, 0.4) is 0 Å². The van der Waals surface area contributed by atoms with E-state index in [1.807, 2.05) is 24.4 Å². The highest BCUT2D eigenvalue weighted by Gasteiger charge is 2.31. The number of nitrogens with one attached hydrogen (secondary N) is 1. The molecule has 3 heterocycles. The van der Waals surface area contributed by atoms with E-state index in [0.29, 0.717) is 5.56 Å². The molecule has 0 saturated carbocycles. The lowest BCUT2D eigenvalue weighted by Crippen LogP contribution is -2.46. The summed E-state index contributed by atoms with van der Waals surface area (Å²) in [6, 6.07) is 3.95. The molecule has 0 bridgehead atoms. The first-order chi connectivity index (χ1) is 12.4. The van der Waals surface area contributed by atoms with Gasteiger partial charge < -0.3 is 14.8 Å². The van der Waals surface area contributed by atoms with Gasteiger partial charge in [-0.2, -0.15) is 0 Å². The Kier molecular flexibility index (Phi) is 5.43. The summed E-state index contributed by atoms with van der Waals surface area (Å²) in [6.45, 7) is 3.69. The van der Waals surface area contributed by atoms with Gasteiger partial charge in [0.15, 0.2) is 0 Å². The third-order valence-electron chi connectivity index (χ3n) is 4.96. The van der Waals surface area contributed by atoms with Crippen LogP contribution in [0.25, 0.3) is 0 Å². The van der Waals surface area contributed by atoms with Gasteiger partial charge in [-0.25, -0.2) is 4.79 Å². The minimum Gasteiger partial charge on any atom is -0.333 e. The Morgan fingerprint density at radius 1 is 1.42 bits per heavy atom. The molecule has 0 aliphatic carbocycles. The number of thiophene rings is 1. The lowest BCUT2D eigenvalue weighted by Gasteiger charge is -2.31. The molecule has 2 aromatic rings. The minimum atomic E-state index is -0.369. The molecule has 3 rings (SSSR count). The van der Waals surface area contributed by atoms with Gasteiger partial charge in [0.25, 0.3) is 5.56 Å². The van der Waals surface area contributed by atoms with Gasteiger partial charge >= 0.3 is 5.69 Å². The number of carbonyl (C=O) groups excluding carboxylic acids is 1. The van der Waals surface area contributed by atoms with Gasteiger partial charge in [0.05, 0.1) is 18.0 Å². The van der Waals surface area contributed by atoms with E-state index in [9.17, 15) is 14.4 Å². The Morgan fingerprint density at radius 2 is 2.19 bits per heavy atom. The molecule has 1 saturated heterocycles. The summed E-state index contributed by atoms with van der Waals surface area (Å²) in [6.07, 6.45) is 2.40. The Balaban J connectivity index is 1.94. The summed E-state index contributed by atoms with van der Waals surface area (Å²) in [5.41, 5.74) is -0.264. The van der Waals surface area contributed by atoms with Crippen molar-refractivity contribution in [2.75, 3.05) is 13.1 Å². The van der Waals surface area contributed by atoms with Gasteiger partial charge in [-0.05, 0) is 31.3 Å². The SMILES string of the molecule is C[C@@H](C(=O)N(Cc1cn(C)c(=O)n(C)c1=O)[C@H]1CCNC1)c1cccs1. The second kappa shape index (κ2) is 7.59. The lowest BCUT2D eigenvalue weighted by molar-refractivity contribution is -0.135. The first-order valence-corrected chi connectivity index (χ1v) is 9.58. The van der Waals surface area contributed by atoms with E-state index in [0.717, 1.165) is 29.0 Å². The number of hydrogen-bond acceptors (Lipinski definition) is 5. The molecule has 140 valence electrons. The second-order valence-corrected chi connectivity index (χ2v) is 7.74. The summed E-state index contributed by atoms with van der Waals surface area (Å²) < 4.78 is 2.47. The van der Waals surface area contributed by atoms with E-state index in [2.05, 4.69) is 5.32 Å². The van der Waals surface area contributed by atoms with Crippen molar-refractivity contribution in [3.05, 3.63) is 55.0 Å². The van der Waals surface area contributed by atoms with Crippen molar-refractivity contribution in [1.29, 1.82) is 0 Å². The molecular formula is C18H24N4O3S. The number of aryl methyl sites for hydroxylation is 1. The number of carbonyl (C=O) groups is 1. The van der Waals surface area contributed by atoms with Gasteiger partial charge in [-0.3, -0.25) is 14.2 Å². The van der Waals surface area contributed by atoms with E-state index < -0.39 is 0 Å². The van der Waals surface area contributed by atoms with Crippen LogP contribution in [0.1, 0.15) is 29.7 Å². The van der Waals surface area contributed by atoms with Crippen LogP contribution in [0, 0.1) is 0 Å². The fraction of sp³-hybridized carbons (Fsp3) is 0.500. The van der Waals surface area contributed by atoms with Gasteiger partial charge in [-0.1, -0.05) is 6.07 Å². The molecule has 7 nitrogen and oxygen atoms in total. The summed E-state index contributed by atoms with van der Waals surface area (Å²) >= 11 is 1.56. The monoisotopic (exact) mass is 376 g/mol. The first kappa shape index (κ1) is 18.6. The van der Waals surface area contributed by atoms with Crippen molar-refractivity contribution in [3.63, 3.8) is 0 Å². The maximum atomic E-state index is 13.2. The molecule has 1 N–H and O–H groups in total. The van der Waals surface area contributed by atoms with E-state index in [4.69, 9.17) is 0 Å². The molecule has 1 aliphatic rings. The lowest BCUT2D eigenvalue weighted by atomic mass is 10.1. The van der Waals surface area contributed by atoms with E-state index in [1.54, 1.807) is 29.5 Å². The highest BCUT2D eigenvalue weighted by Crippen LogP contribution is 2.25. The zero-order chi connectivity index (χ0) is 18.8. The normalized spacial score (nSPS) is 18.0. The van der Waals surface area contributed by atoms with Gasteiger partial charge in [0.2, 0.25) is 5.91 Å². The van der Waals surface area contributed by atoms with Crippen molar-refractivity contribution in [2.45, 2.75) is 31.8 Å². The van der Waals surface area contributed by atoms with E-state index >= 15 is 0 Å². The number of amides is 1. The topological polar surface area (TPSA) is 76.3 Å². The van der Waals surface area contributed by atoms with Crippen LogP contribution in [-0.4, -0.2) is 39.1 Å². The molecule has 0 unspecified atom stereocenters. The van der Waals surface area contributed by atoms with Gasteiger partial charge in [-0.15, -0.1) is 11.3 Å². The molecule has 8 heteroatoms. The van der Waals surface area contributed by atoms with Crippen molar-refractivity contribution >= 4 is 17.2 Å². The standard InChI is InChI=1S/C18H24N4O3S/c1-12(15-5-4-8-26-15)16(23)22(14-6-7-19-9-14)11-13-10-20(2)18(25)21(3)17(13)24/h4-5,8,10,12,14,19H,6-7,9,11H2,1-3H3/t12-,14+/m1/s1. The van der Waals surface area contributed by atoms with Crippen molar-refractivity contribution in [2.24, 2.45) is 14.1 Å². The molecule has 2 atom stereocenters. The van der Waals surface area contributed by atoms with Crippen molar-refractivity contribution in [1.82, 2.24) is 19.4 Å². The highest BCUT2D eigenvalue weighted by atomic mass is 32.1. The predicted octanol–water partition coefficient (Wildman–Crippen LogP) is 0.640. The number of hydrogen-bond donors (Lipinski definition) is 1. The molecule has 26 heavy (non-hydrogen) atoms. The van der Waals surface area contributed by atoms with Crippen LogP contribution in [0.2, 0.25) is 0 Å². The van der Waals surface area contributed by atoms with Crippen molar-refractivity contribution < 1.29 is 4.79 Å². The van der Waals surface area contributed by atoms with Crippen LogP contribution in [0.15, 0.2) is 33.3 Å². The Bertz CT molecular complexity index is 894. The fourth-order valence-corrected chi connectivity index (χ4v) is 4.15. The van der Waals surface area contributed by atoms with Gasteiger partial charge in [0.1, 0.15) is 0 Å². The molecule has 0 spiro atoms. The number of nitrogens with zero attached hydrogens (tertiary/aromatic N) is 3. The molecule has 1 fully saturated rings. The quantitative estimate of drug-likeness (QED) is 0.831. The third-order valence-corrected chi connectivity index (χ3v) is 6.01. The Morgan fingerprint density at radius 3 is 2.81 bits per heavy atom. The van der Waals surface area contributed by atoms with Crippen LogP contribution in [0.5, 0.6) is 0 Å². The molecular weight excluding hydrogens is 352 g/mol.